The molecule has 1 atom stereocenters. The van der Waals surface area contributed by atoms with E-state index in [1.807, 2.05) is 35.2 Å². The first-order valence-corrected chi connectivity index (χ1v) is 8.36. The van der Waals surface area contributed by atoms with Crippen molar-refractivity contribution in [1.82, 2.24) is 10.2 Å². The minimum Gasteiger partial charge on any atom is -0.457 e. The van der Waals surface area contributed by atoms with E-state index >= 15 is 0 Å². The van der Waals surface area contributed by atoms with Crippen molar-refractivity contribution in [3.05, 3.63) is 60.2 Å². The maximum Gasteiger partial charge on any atom is 0.390 e. The smallest absolute Gasteiger partial charge is 0.390 e. The van der Waals surface area contributed by atoms with Gasteiger partial charge in [-0.3, -0.25) is 4.90 Å². The van der Waals surface area contributed by atoms with Crippen molar-refractivity contribution in [1.29, 1.82) is 0 Å². The summed E-state index contributed by atoms with van der Waals surface area (Å²) in [5, 5.41) is 3.18. The fraction of sp³-hybridized carbons (Fsp3) is 0.368. The Morgan fingerprint density at radius 1 is 0.960 bits per heavy atom. The van der Waals surface area contributed by atoms with Crippen molar-refractivity contribution in [2.75, 3.05) is 26.2 Å². The zero-order chi connectivity index (χ0) is 17.7. The van der Waals surface area contributed by atoms with E-state index in [2.05, 4.69) is 5.32 Å². The van der Waals surface area contributed by atoms with Crippen molar-refractivity contribution >= 4 is 0 Å². The first-order valence-electron chi connectivity index (χ1n) is 8.36. The van der Waals surface area contributed by atoms with Gasteiger partial charge in [0.2, 0.25) is 0 Å². The molecule has 0 amide bonds. The number of hydrogen-bond acceptors (Lipinski definition) is 3. The van der Waals surface area contributed by atoms with E-state index in [4.69, 9.17) is 4.74 Å². The average Bonchev–Trinajstić information content (AvgIpc) is 2.61. The minimum atomic E-state index is -4.22. The SMILES string of the molecule is FC(F)(F)C[C@H](c1cccc(Oc2ccccc2)c1)N1CCNCC1. The molecule has 0 saturated carbocycles. The van der Waals surface area contributed by atoms with Crippen LogP contribution in [0.15, 0.2) is 54.6 Å². The fourth-order valence-electron chi connectivity index (χ4n) is 3.08. The summed E-state index contributed by atoms with van der Waals surface area (Å²) >= 11 is 0. The number of hydrogen-bond donors (Lipinski definition) is 1. The van der Waals surface area contributed by atoms with Gasteiger partial charge in [-0.1, -0.05) is 30.3 Å². The summed E-state index contributed by atoms with van der Waals surface area (Å²) in [6.07, 6.45) is -5.08. The maximum atomic E-state index is 13.1. The summed E-state index contributed by atoms with van der Waals surface area (Å²) in [6, 6.07) is 15.5. The quantitative estimate of drug-likeness (QED) is 0.866. The summed E-state index contributed by atoms with van der Waals surface area (Å²) in [5.41, 5.74) is 0.632. The molecular weight excluding hydrogens is 329 g/mol. The van der Waals surface area contributed by atoms with Crippen LogP contribution in [0.4, 0.5) is 13.2 Å². The second-order valence-corrected chi connectivity index (χ2v) is 6.11. The molecule has 0 unspecified atom stereocenters. The predicted octanol–water partition coefficient (Wildman–Crippen LogP) is 4.38. The number of benzene rings is 2. The van der Waals surface area contributed by atoms with Gasteiger partial charge in [0.05, 0.1) is 6.42 Å². The number of nitrogens with one attached hydrogen (secondary N) is 1. The molecule has 1 aliphatic rings. The average molecular weight is 350 g/mol. The molecule has 3 nitrogen and oxygen atoms in total. The Bertz CT molecular complexity index is 670. The van der Waals surface area contributed by atoms with E-state index in [9.17, 15) is 13.2 Å². The molecule has 3 rings (SSSR count). The van der Waals surface area contributed by atoms with Gasteiger partial charge >= 0.3 is 6.18 Å². The second-order valence-electron chi connectivity index (χ2n) is 6.11. The van der Waals surface area contributed by atoms with E-state index < -0.39 is 18.6 Å². The Morgan fingerprint density at radius 3 is 2.32 bits per heavy atom. The third kappa shape index (κ3) is 5.21. The molecule has 0 spiro atoms. The molecule has 1 saturated heterocycles. The Kier molecular flexibility index (Phi) is 5.60. The Hall–Kier alpha value is -2.05. The van der Waals surface area contributed by atoms with Crippen molar-refractivity contribution in [3.8, 4) is 11.5 Å². The Balaban J connectivity index is 1.83. The van der Waals surface area contributed by atoms with Gasteiger partial charge in [-0.15, -0.1) is 0 Å². The monoisotopic (exact) mass is 350 g/mol. The number of alkyl halides is 3. The molecule has 0 bridgehead atoms. The highest BCUT2D eigenvalue weighted by molar-refractivity contribution is 5.35. The number of ether oxygens (including phenoxy) is 1. The number of piperazine rings is 1. The summed E-state index contributed by atoms with van der Waals surface area (Å²) in [7, 11) is 0. The van der Waals surface area contributed by atoms with Crippen molar-refractivity contribution in [2.45, 2.75) is 18.6 Å². The summed E-state index contributed by atoms with van der Waals surface area (Å²) in [6.45, 7) is 2.61. The molecule has 2 aromatic carbocycles. The molecule has 0 radical (unpaired) electrons. The molecule has 0 aromatic heterocycles. The van der Waals surface area contributed by atoms with Crippen LogP contribution in [0.25, 0.3) is 0 Å². The molecule has 1 fully saturated rings. The molecule has 1 N–H and O–H groups in total. The van der Waals surface area contributed by atoms with Gasteiger partial charge in [0, 0.05) is 32.2 Å². The number of para-hydroxylation sites is 1. The van der Waals surface area contributed by atoms with Crippen molar-refractivity contribution in [2.24, 2.45) is 0 Å². The minimum absolute atomic E-state index is 0.547. The molecule has 134 valence electrons. The number of rotatable bonds is 5. The van der Waals surface area contributed by atoms with Gasteiger partial charge in [0.25, 0.3) is 0 Å². The molecular formula is C19H21F3N2O. The van der Waals surface area contributed by atoms with E-state index in [0.29, 0.717) is 43.2 Å². The lowest BCUT2D eigenvalue weighted by molar-refractivity contribution is -0.148. The van der Waals surface area contributed by atoms with Crippen LogP contribution in [0.2, 0.25) is 0 Å². The zero-order valence-corrected chi connectivity index (χ0v) is 13.8. The van der Waals surface area contributed by atoms with Crippen LogP contribution in [0.5, 0.6) is 11.5 Å². The molecule has 1 heterocycles. The molecule has 1 aliphatic heterocycles. The third-order valence-electron chi connectivity index (χ3n) is 4.24. The van der Waals surface area contributed by atoms with Gasteiger partial charge < -0.3 is 10.1 Å². The highest BCUT2D eigenvalue weighted by Crippen LogP contribution is 2.35. The number of halogens is 3. The molecule has 25 heavy (non-hydrogen) atoms. The Labute approximate surface area is 145 Å². The van der Waals surface area contributed by atoms with Gasteiger partial charge in [-0.25, -0.2) is 0 Å². The summed E-state index contributed by atoms with van der Waals surface area (Å²) < 4.78 is 45.1. The van der Waals surface area contributed by atoms with Gasteiger partial charge in [-0.05, 0) is 29.8 Å². The highest BCUT2D eigenvalue weighted by Gasteiger charge is 2.36. The lowest BCUT2D eigenvalue weighted by Crippen LogP contribution is -2.46. The fourth-order valence-corrected chi connectivity index (χ4v) is 3.08. The standard InChI is InChI=1S/C19H21F3N2O/c20-19(21,22)14-18(24-11-9-23-10-12-24)15-5-4-8-17(13-15)25-16-6-2-1-3-7-16/h1-8,13,18,23H,9-12,14H2/t18-/m1/s1. The summed E-state index contributed by atoms with van der Waals surface area (Å²) in [4.78, 5) is 1.89. The van der Waals surface area contributed by atoms with Crippen molar-refractivity contribution < 1.29 is 17.9 Å². The first-order chi connectivity index (χ1) is 12.0. The van der Waals surface area contributed by atoms with E-state index in [1.165, 1.54) is 0 Å². The van der Waals surface area contributed by atoms with Crippen LogP contribution in [-0.4, -0.2) is 37.3 Å². The maximum absolute atomic E-state index is 13.1. The first kappa shape index (κ1) is 17.8. The van der Waals surface area contributed by atoms with E-state index in [1.54, 1.807) is 24.3 Å². The largest absolute Gasteiger partial charge is 0.457 e. The van der Waals surface area contributed by atoms with Crippen LogP contribution >= 0.6 is 0 Å². The van der Waals surface area contributed by atoms with Gasteiger partial charge in [0.1, 0.15) is 11.5 Å². The van der Waals surface area contributed by atoms with Crippen LogP contribution in [0.1, 0.15) is 18.0 Å². The zero-order valence-electron chi connectivity index (χ0n) is 13.8. The van der Waals surface area contributed by atoms with Crippen LogP contribution in [0.3, 0.4) is 0 Å². The van der Waals surface area contributed by atoms with Gasteiger partial charge in [0.15, 0.2) is 0 Å². The molecule has 0 aliphatic carbocycles. The number of nitrogens with zero attached hydrogens (tertiary/aromatic N) is 1. The second kappa shape index (κ2) is 7.89. The lowest BCUT2D eigenvalue weighted by Gasteiger charge is -2.35. The third-order valence-corrected chi connectivity index (χ3v) is 4.24. The molecule has 2 aromatic rings. The summed E-state index contributed by atoms with van der Waals surface area (Å²) in [5.74, 6) is 1.21. The van der Waals surface area contributed by atoms with Gasteiger partial charge in [-0.2, -0.15) is 13.2 Å². The Morgan fingerprint density at radius 2 is 1.64 bits per heavy atom. The van der Waals surface area contributed by atoms with Crippen LogP contribution in [-0.2, 0) is 0 Å². The van der Waals surface area contributed by atoms with Crippen LogP contribution < -0.4 is 10.1 Å². The van der Waals surface area contributed by atoms with Crippen molar-refractivity contribution in [3.63, 3.8) is 0 Å². The van der Waals surface area contributed by atoms with E-state index in [0.717, 1.165) is 0 Å². The van der Waals surface area contributed by atoms with Crippen LogP contribution in [0, 0.1) is 0 Å². The predicted molar refractivity (Wildman–Crippen MR) is 90.8 cm³/mol. The highest BCUT2D eigenvalue weighted by atomic mass is 19.4. The lowest BCUT2D eigenvalue weighted by atomic mass is 10.0. The molecule has 6 heteroatoms. The normalized spacial score (nSPS) is 17.2. The van der Waals surface area contributed by atoms with E-state index in [-0.39, 0.29) is 0 Å². The topological polar surface area (TPSA) is 24.5 Å².